The van der Waals surface area contributed by atoms with Crippen LogP contribution in [0.4, 0.5) is 14.5 Å². The van der Waals surface area contributed by atoms with Gasteiger partial charge in [0.15, 0.2) is 17.4 Å². The lowest BCUT2D eigenvalue weighted by molar-refractivity contribution is 0.426. The molecule has 5 aromatic rings. The minimum Gasteiger partial charge on any atom is -0.454 e. The van der Waals surface area contributed by atoms with Crippen LogP contribution >= 0.6 is 11.3 Å². The van der Waals surface area contributed by atoms with E-state index in [0.29, 0.717) is 38.0 Å². The fourth-order valence-corrected chi connectivity index (χ4v) is 5.48. The van der Waals surface area contributed by atoms with Crippen LogP contribution in [0.5, 0.6) is 11.5 Å². The van der Waals surface area contributed by atoms with Crippen molar-refractivity contribution in [3.8, 4) is 33.4 Å². The number of anilines is 1. The van der Waals surface area contributed by atoms with Gasteiger partial charge in [-0.25, -0.2) is 17.2 Å². The molecule has 0 aliphatic carbocycles. The Morgan fingerprint density at radius 1 is 1.11 bits per heavy atom. The van der Waals surface area contributed by atoms with E-state index < -0.39 is 21.7 Å². The van der Waals surface area contributed by atoms with E-state index in [-0.39, 0.29) is 34.4 Å². The quantitative estimate of drug-likeness (QED) is 0.282. The van der Waals surface area contributed by atoms with Crippen molar-refractivity contribution in [2.45, 2.75) is 13.8 Å². The smallest absolute Gasteiger partial charge is 0.268 e. The van der Waals surface area contributed by atoms with Crippen molar-refractivity contribution in [1.82, 2.24) is 14.7 Å². The van der Waals surface area contributed by atoms with Crippen LogP contribution < -0.4 is 15.0 Å². The molecule has 0 spiro atoms. The van der Waals surface area contributed by atoms with Crippen molar-refractivity contribution in [2.75, 3.05) is 10.5 Å². The summed E-state index contributed by atoms with van der Waals surface area (Å²) in [4.78, 5) is 17.8. The maximum absolute atomic E-state index is 14.5. The number of ether oxygens (including phenoxy) is 1. The third-order valence-electron chi connectivity index (χ3n) is 5.63. The zero-order valence-corrected chi connectivity index (χ0v) is 21.9. The molecule has 0 radical (unpaired) electrons. The van der Waals surface area contributed by atoms with Gasteiger partial charge in [0.2, 0.25) is 10.0 Å². The standard InChI is InChI=1S/C25H20F2N4O5S2/c1-4-38(33,34)30-15-6-8-20(35-21-7-5-14(26)9-19(21)27)16(10-15)18-12-31(3)25(32)23-17(18)11-22(37-23)24-28-13(2)29-36-24/h5-12,30H,4H2,1-3H3. The fraction of sp³-hybridized carbons (Fsp3) is 0.160. The number of rotatable bonds is 7. The second-order valence-corrected chi connectivity index (χ2v) is 11.4. The van der Waals surface area contributed by atoms with Crippen LogP contribution in [0.15, 0.2) is 58.0 Å². The Labute approximate surface area is 219 Å². The zero-order chi connectivity index (χ0) is 27.2. The van der Waals surface area contributed by atoms with Crippen molar-refractivity contribution in [3.05, 3.63) is 76.5 Å². The van der Waals surface area contributed by atoms with Gasteiger partial charge >= 0.3 is 0 Å². The SMILES string of the molecule is CCS(=O)(=O)Nc1ccc(Oc2ccc(F)cc2F)c(-c2cn(C)c(=O)c3sc(-c4nc(C)no4)cc23)c1. The Kier molecular flexibility index (Phi) is 6.49. The van der Waals surface area contributed by atoms with Gasteiger partial charge in [0, 0.05) is 41.5 Å². The number of nitrogens with zero attached hydrogens (tertiary/aromatic N) is 3. The number of aromatic nitrogens is 3. The lowest BCUT2D eigenvalue weighted by Gasteiger charge is -2.16. The number of pyridine rings is 1. The number of benzene rings is 2. The minimum atomic E-state index is -3.61. The molecule has 0 atom stereocenters. The number of halogens is 2. The van der Waals surface area contributed by atoms with Crippen molar-refractivity contribution < 1.29 is 26.5 Å². The molecule has 0 bridgehead atoms. The van der Waals surface area contributed by atoms with Crippen molar-refractivity contribution in [3.63, 3.8) is 0 Å². The summed E-state index contributed by atoms with van der Waals surface area (Å²) in [6.45, 7) is 3.17. The third kappa shape index (κ3) is 4.89. The summed E-state index contributed by atoms with van der Waals surface area (Å²) in [5.74, 6) is -1.24. The summed E-state index contributed by atoms with van der Waals surface area (Å²) in [5, 5.41) is 4.32. The van der Waals surface area contributed by atoms with Crippen LogP contribution in [0.25, 0.3) is 32.0 Å². The molecule has 1 N–H and O–H groups in total. The maximum Gasteiger partial charge on any atom is 0.268 e. The highest BCUT2D eigenvalue weighted by atomic mass is 32.2. The first-order valence-electron chi connectivity index (χ1n) is 11.3. The van der Waals surface area contributed by atoms with E-state index in [1.165, 1.54) is 29.7 Å². The van der Waals surface area contributed by atoms with Crippen molar-refractivity contribution in [2.24, 2.45) is 7.05 Å². The molecule has 38 heavy (non-hydrogen) atoms. The van der Waals surface area contributed by atoms with Crippen LogP contribution in [0.3, 0.4) is 0 Å². The van der Waals surface area contributed by atoms with Gasteiger partial charge in [-0.15, -0.1) is 11.3 Å². The zero-order valence-electron chi connectivity index (χ0n) is 20.3. The van der Waals surface area contributed by atoms with Crippen LogP contribution in [0.2, 0.25) is 0 Å². The average Bonchev–Trinajstić information content (AvgIpc) is 3.51. The summed E-state index contributed by atoms with van der Waals surface area (Å²) in [7, 11) is -2.04. The third-order valence-corrected chi connectivity index (χ3v) is 8.05. The van der Waals surface area contributed by atoms with E-state index >= 15 is 0 Å². The lowest BCUT2D eigenvalue weighted by atomic mass is 10.0. The van der Waals surface area contributed by atoms with Crippen LogP contribution in [-0.4, -0.2) is 28.9 Å². The number of fused-ring (bicyclic) bond motifs is 1. The number of nitrogens with one attached hydrogen (secondary N) is 1. The Morgan fingerprint density at radius 2 is 1.87 bits per heavy atom. The Balaban J connectivity index is 1.74. The van der Waals surface area contributed by atoms with Gasteiger partial charge in [-0.1, -0.05) is 5.16 Å². The van der Waals surface area contributed by atoms with Gasteiger partial charge in [0.25, 0.3) is 11.4 Å². The summed E-state index contributed by atoms with van der Waals surface area (Å²) < 4.78 is 67.8. The van der Waals surface area contributed by atoms with Crippen molar-refractivity contribution in [1.29, 1.82) is 0 Å². The number of hydrogen-bond donors (Lipinski definition) is 1. The van der Waals surface area contributed by atoms with Gasteiger partial charge in [-0.05, 0) is 50.2 Å². The van der Waals surface area contributed by atoms with E-state index in [1.807, 2.05) is 0 Å². The normalized spacial score (nSPS) is 11.7. The first-order chi connectivity index (χ1) is 18.0. The molecule has 13 heteroatoms. The summed E-state index contributed by atoms with van der Waals surface area (Å²) in [6.07, 6.45) is 1.57. The topological polar surface area (TPSA) is 116 Å². The highest BCUT2D eigenvalue weighted by Crippen LogP contribution is 2.42. The van der Waals surface area contributed by atoms with Crippen LogP contribution in [0.1, 0.15) is 12.7 Å². The molecule has 0 amide bonds. The van der Waals surface area contributed by atoms with Gasteiger partial charge in [0.05, 0.1) is 10.6 Å². The molecule has 0 fully saturated rings. The van der Waals surface area contributed by atoms with E-state index in [4.69, 9.17) is 9.26 Å². The number of aryl methyl sites for hydroxylation is 2. The van der Waals surface area contributed by atoms with Crippen LogP contribution in [0, 0.1) is 18.6 Å². The Hall–Kier alpha value is -4.10. The maximum atomic E-state index is 14.5. The van der Waals surface area contributed by atoms with Crippen LogP contribution in [-0.2, 0) is 17.1 Å². The molecule has 0 saturated heterocycles. The molecule has 0 aliphatic heterocycles. The predicted molar refractivity (Wildman–Crippen MR) is 140 cm³/mol. The second-order valence-electron chi connectivity index (χ2n) is 8.35. The number of hydrogen-bond acceptors (Lipinski definition) is 8. The molecule has 0 unspecified atom stereocenters. The average molecular weight is 559 g/mol. The predicted octanol–water partition coefficient (Wildman–Crippen LogP) is 5.46. The molecule has 5 rings (SSSR count). The summed E-state index contributed by atoms with van der Waals surface area (Å²) in [5.41, 5.74) is 0.817. The molecule has 0 aliphatic rings. The van der Waals surface area contributed by atoms with E-state index in [0.717, 1.165) is 23.5 Å². The number of thiophene rings is 1. The van der Waals surface area contributed by atoms with Gasteiger partial charge < -0.3 is 13.8 Å². The van der Waals surface area contributed by atoms with E-state index in [9.17, 15) is 22.0 Å². The molecule has 196 valence electrons. The van der Waals surface area contributed by atoms with Gasteiger partial charge in [-0.2, -0.15) is 4.98 Å². The Bertz CT molecular complexity index is 1860. The lowest BCUT2D eigenvalue weighted by Crippen LogP contribution is -2.16. The van der Waals surface area contributed by atoms with Gasteiger partial charge in [0.1, 0.15) is 16.3 Å². The summed E-state index contributed by atoms with van der Waals surface area (Å²) in [6, 6.07) is 9.08. The highest BCUT2D eigenvalue weighted by molar-refractivity contribution is 7.92. The molecule has 3 heterocycles. The van der Waals surface area contributed by atoms with E-state index in [1.54, 1.807) is 26.2 Å². The largest absolute Gasteiger partial charge is 0.454 e. The first kappa shape index (κ1) is 25.5. The second kappa shape index (κ2) is 9.65. The highest BCUT2D eigenvalue weighted by Gasteiger charge is 2.21. The minimum absolute atomic E-state index is 0.149. The molecular formula is C25H20F2N4O5S2. The van der Waals surface area contributed by atoms with Crippen molar-refractivity contribution >= 4 is 37.1 Å². The number of sulfonamides is 1. The summed E-state index contributed by atoms with van der Waals surface area (Å²) >= 11 is 1.16. The Morgan fingerprint density at radius 3 is 2.55 bits per heavy atom. The molecule has 2 aromatic carbocycles. The van der Waals surface area contributed by atoms with E-state index in [2.05, 4.69) is 14.9 Å². The first-order valence-corrected chi connectivity index (χ1v) is 13.7. The fourth-order valence-electron chi connectivity index (χ4n) is 3.77. The molecule has 0 saturated carbocycles. The molecule has 9 nitrogen and oxygen atoms in total. The monoisotopic (exact) mass is 558 g/mol. The molecule has 3 aromatic heterocycles. The van der Waals surface area contributed by atoms with Gasteiger partial charge in [-0.3, -0.25) is 9.52 Å². The molecular weight excluding hydrogens is 538 g/mol.